The Morgan fingerprint density at radius 1 is 0.933 bits per heavy atom. The SMILES string of the molecule is COc1c(O)c2c(c(O)c1OC)OCO2. The summed E-state index contributed by atoms with van der Waals surface area (Å²) in [5.74, 6) is -0.354. The molecule has 0 fully saturated rings. The summed E-state index contributed by atoms with van der Waals surface area (Å²) in [6, 6.07) is 0. The third-order valence-electron chi connectivity index (χ3n) is 2.09. The molecule has 0 amide bonds. The van der Waals surface area contributed by atoms with E-state index in [0.717, 1.165) is 0 Å². The van der Waals surface area contributed by atoms with Crippen molar-refractivity contribution in [2.45, 2.75) is 0 Å². The van der Waals surface area contributed by atoms with Crippen LogP contribution in [-0.2, 0) is 0 Å². The zero-order valence-electron chi connectivity index (χ0n) is 8.23. The summed E-state index contributed by atoms with van der Waals surface area (Å²) in [6.45, 7) is -0.0627. The van der Waals surface area contributed by atoms with Crippen LogP contribution in [0.4, 0.5) is 0 Å². The molecular weight excluding hydrogens is 204 g/mol. The van der Waals surface area contributed by atoms with Crippen molar-refractivity contribution in [3.63, 3.8) is 0 Å². The molecule has 2 N–H and O–H groups in total. The molecule has 0 bridgehead atoms. The summed E-state index contributed by atoms with van der Waals surface area (Å²) in [5.41, 5.74) is 0. The summed E-state index contributed by atoms with van der Waals surface area (Å²) >= 11 is 0. The Kier molecular flexibility index (Phi) is 2.11. The van der Waals surface area contributed by atoms with Gasteiger partial charge in [0, 0.05) is 0 Å². The molecule has 6 heteroatoms. The quantitative estimate of drug-likeness (QED) is 0.710. The highest BCUT2D eigenvalue weighted by atomic mass is 16.7. The highest BCUT2D eigenvalue weighted by Gasteiger charge is 2.31. The number of hydrogen-bond acceptors (Lipinski definition) is 6. The number of benzene rings is 1. The molecule has 6 nitrogen and oxygen atoms in total. The molecule has 0 atom stereocenters. The van der Waals surface area contributed by atoms with Crippen LogP contribution < -0.4 is 18.9 Å². The smallest absolute Gasteiger partial charge is 0.231 e. The minimum absolute atomic E-state index is 0.0132. The van der Waals surface area contributed by atoms with Crippen molar-refractivity contribution in [3.05, 3.63) is 0 Å². The Bertz CT molecular complexity index is 363. The van der Waals surface area contributed by atoms with Crippen molar-refractivity contribution < 1.29 is 29.2 Å². The fourth-order valence-corrected chi connectivity index (χ4v) is 1.43. The largest absolute Gasteiger partial charge is 0.501 e. The number of ether oxygens (including phenoxy) is 4. The van der Waals surface area contributed by atoms with Crippen molar-refractivity contribution in [2.75, 3.05) is 21.0 Å². The van der Waals surface area contributed by atoms with E-state index >= 15 is 0 Å². The number of rotatable bonds is 2. The van der Waals surface area contributed by atoms with Crippen molar-refractivity contribution in [3.8, 4) is 34.5 Å². The summed E-state index contributed by atoms with van der Waals surface area (Å²) in [6.07, 6.45) is 0. The Morgan fingerprint density at radius 2 is 1.33 bits per heavy atom. The Labute approximate surface area is 85.6 Å². The molecule has 1 aromatic rings. The average molecular weight is 214 g/mol. The van der Waals surface area contributed by atoms with Gasteiger partial charge < -0.3 is 29.2 Å². The minimum atomic E-state index is -0.250. The van der Waals surface area contributed by atoms with Crippen LogP contribution in [0.1, 0.15) is 0 Å². The maximum Gasteiger partial charge on any atom is 0.231 e. The number of phenols is 2. The van der Waals surface area contributed by atoms with Crippen LogP contribution in [0.5, 0.6) is 34.5 Å². The maximum atomic E-state index is 9.72. The Morgan fingerprint density at radius 3 is 1.67 bits per heavy atom. The van der Waals surface area contributed by atoms with Gasteiger partial charge in [-0.1, -0.05) is 0 Å². The average Bonchev–Trinajstić information content (AvgIpc) is 2.72. The lowest BCUT2D eigenvalue weighted by atomic mass is 10.2. The second-order valence-electron chi connectivity index (χ2n) is 2.83. The first-order valence-corrected chi connectivity index (χ1v) is 4.16. The zero-order valence-corrected chi connectivity index (χ0v) is 8.23. The highest BCUT2D eigenvalue weighted by Crippen LogP contribution is 2.58. The van der Waals surface area contributed by atoms with Gasteiger partial charge in [0.25, 0.3) is 0 Å². The van der Waals surface area contributed by atoms with Gasteiger partial charge in [-0.15, -0.1) is 0 Å². The van der Waals surface area contributed by atoms with E-state index in [9.17, 15) is 10.2 Å². The Balaban J connectivity index is 2.71. The molecule has 0 radical (unpaired) electrons. The highest BCUT2D eigenvalue weighted by molar-refractivity contribution is 5.73. The van der Waals surface area contributed by atoms with Crippen LogP contribution in [0.2, 0.25) is 0 Å². The fraction of sp³-hybridized carbons (Fsp3) is 0.333. The van der Waals surface area contributed by atoms with Crippen LogP contribution in [0.15, 0.2) is 0 Å². The predicted octanol–water partition coefficient (Wildman–Crippen LogP) is 0.844. The fourth-order valence-electron chi connectivity index (χ4n) is 1.43. The summed E-state index contributed by atoms with van der Waals surface area (Å²) in [5, 5.41) is 19.4. The zero-order chi connectivity index (χ0) is 11.0. The van der Waals surface area contributed by atoms with Crippen LogP contribution in [-0.4, -0.2) is 31.2 Å². The van der Waals surface area contributed by atoms with E-state index in [1.807, 2.05) is 0 Å². The predicted molar refractivity (Wildman–Crippen MR) is 49.0 cm³/mol. The van der Waals surface area contributed by atoms with Gasteiger partial charge in [-0.25, -0.2) is 0 Å². The van der Waals surface area contributed by atoms with Crippen molar-refractivity contribution in [2.24, 2.45) is 0 Å². The van der Waals surface area contributed by atoms with E-state index in [1.54, 1.807) is 0 Å². The van der Waals surface area contributed by atoms with Gasteiger partial charge in [0.15, 0.2) is 0 Å². The van der Waals surface area contributed by atoms with E-state index in [1.165, 1.54) is 14.2 Å². The summed E-state index contributed by atoms with van der Waals surface area (Å²) < 4.78 is 19.8. The molecule has 0 saturated carbocycles. The standard InChI is InChI=1S/C9H10O6/c1-12-6-4(10)8-9(15-3-14-8)5(11)7(6)13-2/h10-11H,3H2,1-2H3. The number of hydrogen-bond donors (Lipinski definition) is 2. The van der Waals surface area contributed by atoms with E-state index in [4.69, 9.17) is 18.9 Å². The van der Waals surface area contributed by atoms with E-state index in [-0.39, 0.29) is 41.3 Å². The molecule has 1 aromatic carbocycles. The van der Waals surface area contributed by atoms with Gasteiger partial charge in [-0.3, -0.25) is 0 Å². The molecule has 82 valence electrons. The molecule has 0 unspecified atom stereocenters. The van der Waals surface area contributed by atoms with Crippen LogP contribution >= 0.6 is 0 Å². The van der Waals surface area contributed by atoms with Gasteiger partial charge in [-0.2, -0.15) is 0 Å². The molecule has 0 aliphatic carbocycles. The third kappa shape index (κ3) is 1.18. The third-order valence-corrected chi connectivity index (χ3v) is 2.09. The topological polar surface area (TPSA) is 77.4 Å². The first-order chi connectivity index (χ1) is 7.20. The van der Waals surface area contributed by atoms with Crippen molar-refractivity contribution >= 4 is 0 Å². The molecule has 0 spiro atoms. The molecule has 1 aliphatic heterocycles. The van der Waals surface area contributed by atoms with Gasteiger partial charge in [0.2, 0.25) is 41.3 Å². The molecule has 1 aliphatic rings. The van der Waals surface area contributed by atoms with E-state index in [2.05, 4.69) is 0 Å². The van der Waals surface area contributed by atoms with Crippen LogP contribution in [0.3, 0.4) is 0 Å². The van der Waals surface area contributed by atoms with Gasteiger partial charge in [0.05, 0.1) is 14.2 Å². The molecule has 2 rings (SSSR count). The molecule has 0 aromatic heterocycles. The number of fused-ring (bicyclic) bond motifs is 1. The van der Waals surface area contributed by atoms with E-state index < -0.39 is 0 Å². The maximum absolute atomic E-state index is 9.72. The lowest BCUT2D eigenvalue weighted by Crippen LogP contribution is -1.93. The van der Waals surface area contributed by atoms with Crippen molar-refractivity contribution in [1.82, 2.24) is 0 Å². The summed E-state index contributed by atoms with van der Waals surface area (Å²) in [4.78, 5) is 0. The number of methoxy groups -OCH3 is 2. The number of aromatic hydroxyl groups is 2. The van der Waals surface area contributed by atoms with Gasteiger partial charge in [0.1, 0.15) is 0 Å². The van der Waals surface area contributed by atoms with E-state index in [0.29, 0.717) is 0 Å². The monoisotopic (exact) mass is 214 g/mol. The van der Waals surface area contributed by atoms with Crippen molar-refractivity contribution in [1.29, 1.82) is 0 Å². The molecule has 0 saturated heterocycles. The molecule has 1 heterocycles. The minimum Gasteiger partial charge on any atom is -0.501 e. The van der Waals surface area contributed by atoms with Crippen LogP contribution in [0.25, 0.3) is 0 Å². The second-order valence-corrected chi connectivity index (χ2v) is 2.83. The second kappa shape index (κ2) is 3.30. The lowest BCUT2D eigenvalue weighted by molar-refractivity contribution is 0.168. The van der Waals surface area contributed by atoms with Crippen LogP contribution in [0, 0.1) is 0 Å². The molecular formula is C9H10O6. The lowest BCUT2D eigenvalue weighted by Gasteiger charge is -2.12. The van der Waals surface area contributed by atoms with Gasteiger partial charge in [-0.05, 0) is 0 Å². The first kappa shape index (κ1) is 9.57. The number of phenolic OH excluding ortho intramolecular Hbond substituents is 2. The first-order valence-electron chi connectivity index (χ1n) is 4.16. The normalized spacial score (nSPS) is 12.7. The Hall–Kier alpha value is -1.98. The molecule has 15 heavy (non-hydrogen) atoms. The van der Waals surface area contributed by atoms with Gasteiger partial charge >= 0.3 is 0 Å². The summed E-state index contributed by atoms with van der Waals surface area (Å²) in [7, 11) is 2.69.